The SMILES string of the molecule is COC(OC(C)=O)C1=C(C(=O)O)N2C(=O)[C@H](NC(=O)Cc3csc(N)n3)[C@H]2SC1. The number of hydrogen-bond acceptors (Lipinski definition) is 10. The number of rotatable bonds is 7. The van der Waals surface area contributed by atoms with Crippen molar-refractivity contribution in [2.75, 3.05) is 18.6 Å². The Labute approximate surface area is 173 Å². The molecular weight excluding hydrogens is 424 g/mol. The number of carbonyl (C=O) groups is 4. The Morgan fingerprint density at radius 3 is 2.76 bits per heavy atom. The van der Waals surface area contributed by atoms with Gasteiger partial charge in [-0.3, -0.25) is 19.3 Å². The van der Waals surface area contributed by atoms with Crippen LogP contribution in [0.15, 0.2) is 16.7 Å². The van der Waals surface area contributed by atoms with Gasteiger partial charge in [-0.15, -0.1) is 23.1 Å². The van der Waals surface area contributed by atoms with Crippen molar-refractivity contribution in [3.63, 3.8) is 0 Å². The van der Waals surface area contributed by atoms with Crippen LogP contribution < -0.4 is 11.1 Å². The Hall–Kier alpha value is -2.64. The number of nitrogen functional groups attached to an aromatic ring is 1. The summed E-state index contributed by atoms with van der Waals surface area (Å²) in [5.74, 6) is -2.84. The highest BCUT2D eigenvalue weighted by atomic mass is 32.2. The number of esters is 1. The maximum Gasteiger partial charge on any atom is 0.352 e. The third-order valence-electron chi connectivity index (χ3n) is 4.20. The van der Waals surface area contributed by atoms with Gasteiger partial charge in [-0.2, -0.15) is 0 Å². The van der Waals surface area contributed by atoms with Crippen LogP contribution >= 0.6 is 23.1 Å². The molecule has 0 aliphatic carbocycles. The molecule has 3 rings (SSSR count). The van der Waals surface area contributed by atoms with Crippen molar-refractivity contribution in [1.82, 2.24) is 15.2 Å². The van der Waals surface area contributed by atoms with E-state index in [0.717, 1.165) is 4.90 Å². The average Bonchev–Trinajstić information content (AvgIpc) is 3.07. The van der Waals surface area contributed by atoms with Gasteiger partial charge in [-0.25, -0.2) is 9.78 Å². The zero-order valence-electron chi connectivity index (χ0n) is 15.4. The van der Waals surface area contributed by atoms with Crippen LogP contribution in [0.3, 0.4) is 0 Å². The number of fused-ring (bicyclic) bond motifs is 1. The van der Waals surface area contributed by atoms with Crippen molar-refractivity contribution >= 4 is 52.0 Å². The number of amides is 2. The number of nitrogens with one attached hydrogen (secondary N) is 1. The van der Waals surface area contributed by atoms with E-state index >= 15 is 0 Å². The second-order valence-corrected chi connectivity index (χ2v) is 8.16. The zero-order chi connectivity index (χ0) is 21.3. The number of nitrogens with two attached hydrogens (primary N) is 1. The molecule has 4 N–H and O–H groups in total. The molecule has 2 aliphatic heterocycles. The zero-order valence-corrected chi connectivity index (χ0v) is 17.0. The van der Waals surface area contributed by atoms with E-state index in [2.05, 4.69) is 10.3 Å². The molecule has 29 heavy (non-hydrogen) atoms. The van der Waals surface area contributed by atoms with Gasteiger partial charge in [0.25, 0.3) is 5.91 Å². The highest BCUT2D eigenvalue weighted by Gasteiger charge is 2.55. The molecule has 0 aromatic carbocycles. The number of carbonyl (C=O) groups excluding carboxylic acids is 3. The number of nitrogens with zero attached hydrogens (tertiary/aromatic N) is 2. The molecule has 3 heterocycles. The molecular formula is C16H18N4O7S2. The van der Waals surface area contributed by atoms with Gasteiger partial charge in [-0.05, 0) is 0 Å². The van der Waals surface area contributed by atoms with E-state index in [0.29, 0.717) is 10.8 Å². The predicted molar refractivity (Wildman–Crippen MR) is 102 cm³/mol. The summed E-state index contributed by atoms with van der Waals surface area (Å²) in [6.45, 7) is 1.17. The summed E-state index contributed by atoms with van der Waals surface area (Å²) in [5.41, 5.74) is 5.88. The maximum atomic E-state index is 12.6. The number of carboxylic acids is 1. The van der Waals surface area contributed by atoms with E-state index in [-0.39, 0.29) is 23.4 Å². The minimum atomic E-state index is -1.35. The maximum absolute atomic E-state index is 12.6. The number of ether oxygens (including phenoxy) is 2. The number of thioether (sulfide) groups is 1. The molecule has 2 aliphatic rings. The van der Waals surface area contributed by atoms with Crippen molar-refractivity contribution in [1.29, 1.82) is 0 Å². The fourth-order valence-corrected chi connectivity index (χ4v) is 4.95. The first kappa shape index (κ1) is 21.1. The van der Waals surface area contributed by atoms with Gasteiger partial charge in [-0.1, -0.05) is 0 Å². The van der Waals surface area contributed by atoms with Crippen LogP contribution in [-0.4, -0.2) is 69.3 Å². The predicted octanol–water partition coefficient (Wildman–Crippen LogP) is -0.458. The van der Waals surface area contributed by atoms with Gasteiger partial charge >= 0.3 is 11.9 Å². The van der Waals surface area contributed by atoms with E-state index in [1.807, 2.05) is 0 Å². The Bertz CT molecular complexity index is 900. The van der Waals surface area contributed by atoms with Crippen molar-refractivity contribution in [2.24, 2.45) is 0 Å². The first-order valence-electron chi connectivity index (χ1n) is 8.33. The molecule has 156 valence electrons. The molecule has 0 spiro atoms. The number of aromatic nitrogens is 1. The summed E-state index contributed by atoms with van der Waals surface area (Å²) in [6.07, 6.45) is -1.26. The van der Waals surface area contributed by atoms with Crippen LogP contribution in [-0.2, 0) is 35.1 Å². The lowest BCUT2D eigenvalue weighted by molar-refractivity contribution is -0.165. The second kappa shape index (κ2) is 8.39. The Balaban J connectivity index is 1.75. The van der Waals surface area contributed by atoms with Gasteiger partial charge in [0, 0.05) is 30.7 Å². The van der Waals surface area contributed by atoms with Crippen LogP contribution in [0.5, 0.6) is 0 Å². The number of aliphatic carboxylic acids is 1. The van der Waals surface area contributed by atoms with E-state index in [4.69, 9.17) is 15.2 Å². The molecule has 2 amide bonds. The lowest BCUT2D eigenvalue weighted by Crippen LogP contribution is -2.71. The Morgan fingerprint density at radius 1 is 1.48 bits per heavy atom. The summed E-state index contributed by atoms with van der Waals surface area (Å²) in [4.78, 5) is 53.0. The van der Waals surface area contributed by atoms with Gasteiger partial charge in [0.1, 0.15) is 17.1 Å². The molecule has 0 radical (unpaired) electrons. The molecule has 1 saturated heterocycles. The molecule has 0 bridgehead atoms. The number of carboxylic acid groups (broad SMARTS) is 1. The topological polar surface area (TPSA) is 161 Å². The molecule has 0 saturated carbocycles. The van der Waals surface area contributed by atoms with Gasteiger partial charge in [0.2, 0.25) is 12.2 Å². The molecule has 13 heteroatoms. The van der Waals surface area contributed by atoms with E-state index in [1.165, 1.54) is 37.1 Å². The molecule has 1 fully saturated rings. The van der Waals surface area contributed by atoms with Gasteiger partial charge in [0.05, 0.1) is 12.1 Å². The van der Waals surface area contributed by atoms with Crippen LogP contribution in [0.1, 0.15) is 12.6 Å². The first-order valence-corrected chi connectivity index (χ1v) is 10.3. The quantitative estimate of drug-likeness (QED) is 0.286. The van der Waals surface area contributed by atoms with E-state index < -0.39 is 41.5 Å². The van der Waals surface area contributed by atoms with E-state index in [1.54, 1.807) is 5.38 Å². The van der Waals surface area contributed by atoms with Crippen molar-refractivity contribution in [3.05, 3.63) is 22.3 Å². The summed E-state index contributed by atoms with van der Waals surface area (Å²) < 4.78 is 10.1. The fourth-order valence-electron chi connectivity index (χ4n) is 3.03. The number of methoxy groups -OCH3 is 1. The van der Waals surface area contributed by atoms with E-state index in [9.17, 15) is 24.3 Å². The van der Waals surface area contributed by atoms with Gasteiger partial charge < -0.3 is 25.6 Å². The average molecular weight is 442 g/mol. The molecule has 1 unspecified atom stereocenters. The molecule has 1 aromatic heterocycles. The van der Waals surface area contributed by atoms with Crippen LogP contribution in [0.2, 0.25) is 0 Å². The van der Waals surface area contributed by atoms with Crippen molar-refractivity contribution in [2.45, 2.75) is 31.1 Å². The number of anilines is 1. The monoisotopic (exact) mass is 442 g/mol. The third kappa shape index (κ3) is 4.21. The van der Waals surface area contributed by atoms with Crippen LogP contribution in [0, 0.1) is 0 Å². The summed E-state index contributed by atoms with van der Waals surface area (Å²) in [6, 6.07) is -0.867. The number of hydrogen-bond donors (Lipinski definition) is 3. The van der Waals surface area contributed by atoms with Crippen LogP contribution in [0.25, 0.3) is 0 Å². The largest absolute Gasteiger partial charge is 0.477 e. The Morgan fingerprint density at radius 2 is 2.21 bits per heavy atom. The smallest absolute Gasteiger partial charge is 0.352 e. The molecule has 11 nitrogen and oxygen atoms in total. The lowest BCUT2D eigenvalue weighted by Gasteiger charge is -2.49. The van der Waals surface area contributed by atoms with Crippen molar-refractivity contribution < 1.29 is 33.8 Å². The Kier molecular flexibility index (Phi) is 6.10. The standard InChI is InChI=1S/C16H18N4O7S2/c1-6(21)27-15(26-2)8-5-28-13-10(12(23)20(13)11(8)14(24)25)19-9(22)3-7-4-29-16(17)18-7/h4,10,13,15H,3,5H2,1-2H3,(H2,17,18)(H,19,22)(H,24,25)/t10-,13+,15?/m0/s1. The normalized spacial score (nSPS) is 21.9. The summed E-state index contributed by atoms with van der Waals surface area (Å²) in [7, 11) is 1.27. The summed E-state index contributed by atoms with van der Waals surface area (Å²) >= 11 is 2.45. The van der Waals surface area contributed by atoms with Gasteiger partial charge in [0.15, 0.2) is 5.13 Å². The minimum Gasteiger partial charge on any atom is -0.477 e. The fraction of sp³-hybridized carbons (Fsp3) is 0.438. The third-order valence-corrected chi connectivity index (χ3v) is 6.22. The van der Waals surface area contributed by atoms with Crippen LogP contribution in [0.4, 0.5) is 5.13 Å². The molecule has 3 atom stereocenters. The number of thiazole rings is 1. The second-order valence-electron chi connectivity index (χ2n) is 6.16. The first-order chi connectivity index (χ1) is 13.7. The minimum absolute atomic E-state index is 0.0417. The number of β-lactam (4-membered cyclic amide) rings is 1. The summed E-state index contributed by atoms with van der Waals surface area (Å²) in [5, 5.41) is 13.6. The van der Waals surface area contributed by atoms with Crippen molar-refractivity contribution in [3.8, 4) is 0 Å². The lowest BCUT2D eigenvalue weighted by atomic mass is 10.0. The highest BCUT2D eigenvalue weighted by Crippen LogP contribution is 2.41. The highest BCUT2D eigenvalue weighted by molar-refractivity contribution is 8.00. The molecule has 1 aromatic rings.